The summed E-state index contributed by atoms with van der Waals surface area (Å²) in [5.41, 5.74) is 0.881. The summed E-state index contributed by atoms with van der Waals surface area (Å²) < 4.78 is 16.6. The molecule has 0 unspecified atom stereocenters. The molecule has 9 heteroatoms. The maximum absolute atomic E-state index is 16.6. The third-order valence-electron chi connectivity index (χ3n) is 8.55. The fourth-order valence-electron chi connectivity index (χ4n) is 6.75. The zero-order valence-electron chi connectivity index (χ0n) is 21.6. The van der Waals surface area contributed by atoms with E-state index < -0.39 is 23.2 Å². The van der Waals surface area contributed by atoms with Crippen molar-refractivity contribution in [3.8, 4) is 6.07 Å². The molecule has 2 aromatic rings. The van der Waals surface area contributed by atoms with E-state index in [1.54, 1.807) is 47.4 Å². The normalized spacial score (nSPS) is 28.1. The zero-order chi connectivity index (χ0) is 28.2. The summed E-state index contributed by atoms with van der Waals surface area (Å²) in [6, 6.07) is 13.7. The van der Waals surface area contributed by atoms with Crippen molar-refractivity contribution in [1.29, 1.82) is 5.26 Å². The highest BCUT2D eigenvalue weighted by molar-refractivity contribution is 6.31. The number of allylic oxidation sites excluding steroid dienone is 4. The number of carbonyl (C=O) groups is 2. The number of benzene rings is 2. The molecule has 0 bridgehead atoms. The van der Waals surface area contributed by atoms with Gasteiger partial charge in [0.15, 0.2) is 0 Å². The van der Waals surface area contributed by atoms with Gasteiger partial charge in [-0.2, -0.15) is 5.26 Å². The summed E-state index contributed by atoms with van der Waals surface area (Å²) in [6.45, 7) is 4.63. The van der Waals surface area contributed by atoms with Crippen LogP contribution in [0.2, 0.25) is 5.02 Å². The summed E-state index contributed by atoms with van der Waals surface area (Å²) in [7, 11) is 0. The predicted octanol–water partition coefficient (Wildman–Crippen LogP) is 6.28. The third-order valence-corrected chi connectivity index (χ3v) is 8.91. The molecule has 0 aromatic heterocycles. The molecule has 2 aromatic carbocycles. The van der Waals surface area contributed by atoms with Crippen LogP contribution in [0.4, 0.5) is 15.8 Å². The fraction of sp³-hybridized carbons (Fsp3) is 0.323. The fourth-order valence-corrected chi connectivity index (χ4v) is 6.99. The average Bonchev–Trinajstić information content (AvgIpc) is 3.64. The molecule has 0 radical (unpaired) electrons. The van der Waals surface area contributed by atoms with Gasteiger partial charge in [-0.3, -0.25) is 14.5 Å². The first kappa shape index (κ1) is 26.8. The third kappa shape index (κ3) is 4.26. The quantitative estimate of drug-likeness (QED) is 0.410. The van der Waals surface area contributed by atoms with E-state index in [9.17, 15) is 14.9 Å². The van der Waals surface area contributed by atoms with E-state index >= 15 is 4.39 Å². The Morgan fingerprint density at radius 1 is 1.20 bits per heavy atom. The Balaban J connectivity index is 1.52. The van der Waals surface area contributed by atoms with E-state index in [4.69, 9.17) is 23.2 Å². The van der Waals surface area contributed by atoms with Crippen LogP contribution in [-0.4, -0.2) is 35.8 Å². The Bertz CT molecular complexity index is 1510. The van der Waals surface area contributed by atoms with Gasteiger partial charge in [-0.25, -0.2) is 4.39 Å². The molecule has 1 aliphatic carbocycles. The van der Waals surface area contributed by atoms with Crippen molar-refractivity contribution < 1.29 is 14.0 Å². The summed E-state index contributed by atoms with van der Waals surface area (Å²) >= 11 is 12.2. The molecule has 2 amide bonds. The van der Waals surface area contributed by atoms with Gasteiger partial charge in [0, 0.05) is 46.1 Å². The van der Waals surface area contributed by atoms with Gasteiger partial charge in [-0.05, 0) is 73.7 Å². The summed E-state index contributed by atoms with van der Waals surface area (Å²) in [5.74, 6) is -2.68. The number of nitrogens with one attached hydrogen (secondary N) is 1. The minimum Gasteiger partial charge on any atom is -0.324 e. The molecule has 2 saturated heterocycles. The number of nitriles is 1. The number of likely N-dealkylation sites (tertiary alicyclic amines) is 1. The van der Waals surface area contributed by atoms with Gasteiger partial charge >= 0.3 is 0 Å². The molecule has 1 saturated carbocycles. The Kier molecular flexibility index (Phi) is 6.82. The largest absolute Gasteiger partial charge is 0.324 e. The van der Waals surface area contributed by atoms with E-state index in [0.717, 1.165) is 12.8 Å². The van der Waals surface area contributed by atoms with Gasteiger partial charge in [0.2, 0.25) is 11.8 Å². The van der Waals surface area contributed by atoms with Crippen LogP contribution in [0, 0.1) is 29.1 Å². The highest BCUT2D eigenvalue weighted by Crippen LogP contribution is 2.60. The Hall–Kier alpha value is -3.44. The lowest BCUT2D eigenvalue weighted by molar-refractivity contribution is -0.129. The second-order valence-electron chi connectivity index (χ2n) is 10.9. The standard InChI is InChI=1S/C31H27Cl2FN4O2/c1-18(32)3-2-4-24(34)28-27-26(13-14-37(29(27)39)22-10-7-19(16-35)8-11-22)38(17-20-5-6-20)31(28)23-12-9-21(33)15-25(23)36-30(31)40/h2-4,7-12,15,20,26-28H,1,5-6,13-14,17H2,(H,36,40)/b3-2-,24-4-/t26-,27+,28-,31+/m0/s1. The first-order valence-electron chi connectivity index (χ1n) is 13.3. The molecule has 204 valence electrons. The van der Waals surface area contributed by atoms with Gasteiger partial charge in [-0.15, -0.1) is 0 Å². The van der Waals surface area contributed by atoms with Crippen LogP contribution in [0.1, 0.15) is 30.4 Å². The lowest BCUT2D eigenvalue weighted by Crippen LogP contribution is -2.54. The summed E-state index contributed by atoms with van der Waals surface area (Å²) in [6.07, 6.45) is 6.85. The average molecular weight is 577 g/mol. The zero-order valence-corrected chi connectivity index (χ0v) is 23.1. The molecular weight excluding hydrogens is 550 g/mol. The number of fused-ring (bicyclic) bond motifs is 3. The van der Waals surface area contributed by atoms with E-state index in [0.29, 0.717) is 53.0 Å². The number of carbonyl (C=O) groups excluding carboxylic acids is 2. The Morgan fingerprint density at radius 2 is 1.95 bits per heavy atom. The molecule has 1 N–H and O–H groups in total. The first-order valence-corrected chi connectivity index (χ1v) is 14.1. The molecule has 4 aliphatic rings. The molecular formula is C31H27Cl2FN4O2. The number of rotatable bonds is 6. The maximum Gasteiger partial charge on any atom is 0.250 e. The van der Waals surface area contributed by atoms with E-state index in [1.165, 1.54) is 18.2 Å². The molecule has 3 heterocycles. The number of anilines is 2. The first-order chi connectivity index (χ1) is 19.2. The van der Waals surface area contributed by atoms with Crippen LogP contribution >= 0.6 is 23.2 Å². The van der Waals surface area contributed by atoms with Crippen LogP contribution in [0.15, 0.2) is 78.1 Å². The molecule has 3 aliphatic heterocycles. The molecule has 3 fully saturated rings. The van der Waals surface area contributed by atoms with E-state index in [-0.39, 0.29) is 22.9 Å². The molecule has 6 nitrogen and oxygen atoms in total. The van der Waals surface area contributed by atoms with Crippen molar-refractivity contribution in [3.63, 3.8) is 0 Å². The van der Waals surface area contributed by atoms with Crippen LogP contribution in [0.25, 0.3) is 0 Å². The number of piperidine rings is 1. The number of hydrogen-bond acceptors (Lipinski definition) is 4. The van der Waals surface area contributed by atoms with Crippen molar-refractivity contribution in [3.05, 3.63) is 94.3 Å². The minimum absolute atomic E-state index is 0.234. The number of amides is 2. The van der Waals surface area contributed by atoms with Crippen molar-refractivity contribution >= 4 is 46.4 Å². The molecule has 40 heavy (non-hydrogen) atoms. The Labute approximate surface area is 242 Å². The van der Waals surface area contributed by atoms with Crippen molar-refractivity contribution in [1.82, 2.24) is 4.90 Å². The second kappa shape index (κ2) is 10.2. The monoisotopic (exact) mass is 576 g/mol. The minimum atomic E-state index is -1.42. The predicted molar refractivity (Wildman–Crippen MR) is 153 cm³/mol. The van der Waals surface area contributed by atoms with Crippen molar-refractivity contribution in [2.24, 2.45) is 17.8 Å². The van der Waals surface area contributed by atoms with Crippen LogP contribution in [0.5, 0.6) is 0 Å². The number of hydrogen-bond donors (Lipinski definition) is 1. The molecule has 4 atom stereocenters. The van der Waals surface area contributed by atoms with Gasteiger partial charge in [0.25, 0.3) is 0 Å². The van der Waals surface area contributed by atoms with Crippen LogP contribution in [0.3, 0.4) is 0 Å². The molecule has 6 rings (SSSR count). The van der Waals surface area contributed by atoms with E-state index in [2.05, 4.69) is 22.9 Å². The maximum atomic E-state index is 16.6. The second-order valence-corrected chi connectivity index (χ2v) is 11.8. The van der Waals surface area contributed by atoms with Crippen molar-refractivity contribution in [2.45, 2.75) is 30.8 Å². The summed E-state index contributed by atoms with van der Waals surface area (Å²) in [4.78, 5) is 32.3. The van der Waals surface area contributed by atoms with E-state index in [1.807, 2.05) is 0 Å². The van der Waals surface area contributed by atoms with Gasteiger partial charge in [-0.1, -0.05) is 41.9 Å². The van der Waals surface area contributed by atoms with Gasteiger partial charge < -0.3 is 10.2 Å². The Morgan fingerprint density at radius 3 is 2.62 bits per heavy atom. The van der Waals surface area contributed by atoms with Crippen molar-refractivity contribution in [2.75, 3.05) is 23.3 Å². The highest BCUT2D eigenvalue weighted by atomic mass is 35.5. The number of nitrogens with zero attached hydrogens (tertiary/aromatic N) is 3. The lowest BCUT2D eigenvalue weighted by Gasteiger charge is -2.40. The molecule has 1 spiro atoms. The topological polar surface area (TPSA) is 76.4 Å². The number of halogens is 3. The SMILES string of the molecule is C=C(Cl)/C=C\C=C(/F)[C@H]1[C@@H]2C(=O)N(c3ccc(C#N)cc3)CC[C@@H]2N(CC2CC2)[C@@]12C(=O)Nc1cc(Cl)ccc12. The van der Waals surface area contributed by atoms with Crippen LogP contribution in [-0.2, 0) is 15.1 Å². The van der Waals surface area contributed by atoms with Crippen LogP contribution < -0.4 is 10.2 Å². The lowest BCUT2D eigenvalue weighted by atomic mass is 9.72. The summed E-state index contributed by atoms with van der Waals surface area (Å²) in [5, 5.41) is 12.9. The highest BCUT2D eigenvalue weighted by Gasteiger charge is 2.70. The van der Waals surface area contributed by atoms with Gasteiger partial charge in [0.1, 0.15) is 11.4 Å². The van der Waals surface area contributed by atoms with Gasteiger partial charge in [0.05, 0.1) is 23.5 Å². The smallest absolute Gasteiger partial charge is 0.250 e.